The van der Waals surface area contributed by atoms with E-state index in [0.717, 1.165) is 42.2 Å². The van der Waals surface area contributed by atoms with Gasteiger partial charge in [-0.05, 0) is 37.1 Å². The van der Waals surface area contributed by atoms with Gasteiger partial charge in [0.05, 0.1) is 0 Å². The SMILES string of the molecule is CCC(=O)Nc1ccc(NC2=NCCC2)c(C)c1.Cl. The third-order valence-electron chi connectivity index (χ3n) is 2.98. The molecule has 1 aliphatic rings. The van der Waals surface area contributed by atoms with E-state index in [9.17, 15) is 4.79 Å². The van der Waals surface area contributed by atoms with Crippen LogP contribution in [-0.2, 0) is 4.79 Å². The zero-order valence-electron chi connectivity index (χ0n) is 11.3. The van der Waals surface area contributed by atoms with Gasteiger partial charge in [0.25, 0.3) is 0 Å². The predicted octanol–water partition coefficient (Wildman–Crippen LogP) is 3.37. The van der Waals surface area contributed by atoms with Crippen molar-refractivity contribution in [2.24, 2.45) is 4.99 Å². The second kappa shape index (κ2) is 7.14. The maximum Gasteiger partial charge on any atom is 0.224 e. The summed E-state index contributed by atoms with van der Waals surface area (Å²) < 4.78 is 0. The maximum atomic E-state index is 11.3. The van der Waals surface area contributed by atoms with E-state index in [1.54, 1.807) is 0 Å². The quantitative estimate of drug-likeness (QED) is 0.892. The van der Waals surface area contributed by atoms with Crippen molar-refractivity contribution in [2.75, 3.05) is 17.2 Å². The molecule has 0 fully saturated rings. The summed E-state index contributed by atoms with van der Waals surface area (Å²) in [6.45, 7) is 4.79. The van der Waals surface area contributed by atoms with Gasteiger partial charge in [-0.25, -0.2) is 0 Å². The summed E-state index contributed by atoms with van der Waals surface area (Å²) in [5.74, 6) is 1.10. The molecule has 1 aromatic carbocycles. The van der Waals surface area contributed by atoms with Crippen LogP contribution < -0.4 is 10.6 Å². The molecule has 2 N–H and O–H groups in total. The molecule has 0 atom stereocenters. The van der Waals surface area contributed by atoms with E-state index < -0.39 is 0 Å². The number of rotatable bonds is 3. The van der Waals surface area contributed by atoms with Gasteiger partial charge in [-0.1, -0.05) is 6.92 Å². The highest BCUT2D eigenvalue weighted by molar-refractivity contribution is 5.97. The lowest BCUT2D eigenvalue weighted by atomic mass is 10.1. The second-order valence-corrected chi connectivity index (χ2v) is 4.49. The minimum Gasteiger partial charge on any atom is -0.344 e. The summed E-state index contributed by atoms with van der Waals surface area (Å²) in [5.41, 5.74) is 3.02. The highest BCUT2D eigenvalue weighted by atomic mass is 35.5. The van der Waals surface area contributed by atoms with E-state index in [0.29, 0.717) is 6.42 Å². The van der Waals surface area contributed by atoms with Gasteiger partial charge in [-0.3, -0.25) is 9.79 Å². The Bertz CT molecular complexity index is 486. The van der Waals surface area contributed by atoms with Gasteiger partial charge < -0.3 is 10.6 Å². The molecule has 4 nitrogen and oxygen atoms in total. The van der Waals surface area contributed by atoms with Gasteiger partial charge in [-0.2, -0.15) is 0 Å². The second-order valence-electron chi connectivity index (χ2n) is 4.49. The van der Waals surface area contributed by atoms with Crippen LogP contribution in [0.4, 0.5) is 11.4 Å². The first-order chi connectivity index (χ1) is 8.69. The van der Waals surface area contributed by atoms with Crippen molar-refractivity contribution < 1.29 is 4.79 Å². The number of nitrogens with zero attached hydrogens (tertiary/aromatic N) is 1. The molecule has 0 aliphatic carbocycles. The van der Waals surface area contributed by atoms with Gasteiger partial charge in [0.2, 0.25) is 5.91 Å². The van der Waals surface area contributed by atoms with Crippen LogP contribution in [-0.4, -0.2) is 18.3 Å². The number of aliphatic imine (C=N–C) groups is 1. The number of anilines is 2. The molecule has 0 unspecified atom stereocenters. The highest BCUT2D eigenvalue weighted by Gasteiger charge is 2.08. The third-order valence-corrected chi connectivity index (χ3v) is 2.98. The van der Waals surface area contributed by atoms with Crippen molar-refractivity contribution in [3.63, 3.8) is 0 Å². The smallest absolute Gasteiger partial charge is 0.224 e. The number of benzene rings is 1. The number of carbonyl (C=O) groups excluding carboxylic acids is 1. The minimum absolute atomic E-state index is 0. The minimum atomic E-state index is 0. The Morgan fingerprint density at radius 2 is 2.21 bits per heavy atom. The number of hydrogen-bond acceptors (Lipinski definition) is 3. The van der Waals surface area contributed by atoms with Gasteiger partial charge >= 0.3 is 0 Å². The van der Waals surface area contributed by atoms with Crippen LogP contribution in [0.1, 0.15) is 31.7 Å². The molecule has 1 aliphatic heterocycles. The summed E-state index contributed by atoms with van der Waals surface area (Å²) in [7, 11) is 0. The molecular weight excluding hydrogens is 262 g/mol. The van der Waals surface area contributed by atoms with Gasteiger partial charge in [0, 0.05) is 30.8 Å². The fourth-order valence-electron chi connectivity index (χ4n) is 1.93. The summed E-state index contributed by atoms with van der Waals surface area (Å²) in [4.78, 5) is 15.7. The molecule has 1 amide bonds. The highest BCUT2D eigenvalue weighted by Crippen LogP contribution is 2.21. The number of amides is 1. The maximum absolute atomic E-state index is 11.3. The van der Waals surface area contributed by atoms with Crippen LogP contribution in [0.15, 0.2) is 23.2 Å². The zero-order chi connectivity index (χ0) is 13.0. The first-order valence-corrected chi connectivity index (χ1v) is 6.40. The van der Waals surface area contributed by atoms with Crippen LogP contribution >= 0.6 is 12.4 Å². The first kappa shape index (κ1) is 15.5. The Hall–Kier alpha value is -1.55. The Morgan fingerprint density at radius 3 is 2.79 bits per heavy atom. The fraction of sp³-hybridized carbons (Fsp3) is 0.429. The molecule has 0 bridgehead atoms. The van der Waals surface area contributed by atoms with Crippen molar-refractivity contribution in [3.8, 4) is 0 Å². The van der Waals surface area contributed by atoms with Crippen molar-refractivity contribution in [3.05, 3.63) is 23.8 Å². The summed E-state index contributed by atoms with van der Waals surface area (Å²) in [6.07, 6.45) is 2.65. The molecular formula is C14H20ClN3O. The number of nitrogens with one attached hydrogen (secondary N) is 2. The van der Waals surface area contributed by atoms with Crippen LogP contribution in [0.5, 0.6) is 0 Å². The summed E-state index contributed by atoms with van der Waals surface area (Å²) in [6, 6.07) is 5.88. The van der Waals surface area contributed by atoms with Gasteiger partial charge in [0.15, 0.2) is 0 Å². The predicted molar refractivity (Wildman–Crippen MR) is 82.5 cm³/mol. The van der Waals surface area contributed by atoms with Crippen molar-refractivity contribution in [2.45, 2.75) is 33.1 Å². The van der Waals surface area contributed by atoms with E-state index in [2.05, 4.69) is 15.6 Å². The standard InChI is InChI=1S/C14H19N3O.ClH/c1-3-14(18)16-11-6-7-12(10(2)9-11)17-13-5-4-8-15-13;/h6-7,9H,3-5,8H2,1-2H3,(H,15,17)(H,16,18);1H. The Kier molecular flexibility index (Phi) is 5.83. The van der Waals surface area contributed by atoms with Crippen molar-refractivity contribution in [1.29, 1.82) is 0 Å². The number of carbonyl (C=O) groups is 1. The lowest BCUT2D eigenvalue weighted by Gasteiger charge is -2.11. The Labute approximate surface area is 120 Å². The average molecular weight is 282 g/mol. The normalized spacial score (nSPS) is 13.5. The number of hydrogen-bond donors (Lipinski definition) is 2. The van der Waals surface area contributed by atoms with Crippen LogP contribution in [0.25, 0.3) is 0 Å². The topological polar surface area (TPSA) is 53.5 Å². The molecule has 0 spiro atoms. The third kappa shape index (κ3) is 4.24. The Balaban J connectivity index is 0.00000180. The summed E-state index contributed by atoms with van der Waals surface area (Å²) >= 11 is 0. The van der Waals surface area contributed by atoms with Crippen molar-refractivity contribution >= 4 is 35.5 Å². The van der Waals surface area contributed by atoms with Crippen LogP contribution in [0, 0.1) is 6.92 Å². The number of halogens is 1. The Morgan fingerprint density at radius 1 is 1.42 bits per heavy atom. The number of amidine groups is 1. The molecule has 0 saturated carbocycles. The largest absolute Gasteiger partial charge is 0.344 e. The van der Waals surface area contributed by atoms with Crippen LogP contribution in [0.2, 0.25) is 0 Å². The molecule has 1 aromatic rings. The fourth-order valence-corrected chi connectivity index (χ4v) is 1.93. The zero-order valence-corrected chi connectivity index (χ0v) is 12.1. The van der Waals surface area contributed by atoms with Gasteiger partial charge in [-0.15, -0.1) is 12.4 Å². The monoisotopic (exact) mass is 281 g/mol. The molecule has 5 heteroatoms. The van der Waals surface area contributed by atoms with Crippen LogP contribution in [0.3, 0.4) is 0 Å². The average Bonchev–Trinajstić information content (AvgIpc) is 2.85. The molecule has 19 heavy (non-hydrogen) atoms. The van der Waals surface area contributed by atoms with E-state index >= 15 is 0 Å². The van der Waals surface area contributed by atoms with E-state index in [4.69, 9.17) is 0 Å². The lowest BCUT2D eigenvalue weighted by Crippen LogP contribution is -2.11. The molecule has 1 heterocycles. The first-order valence-electron chi connectivity index (χ1n) is 6.40. The molecule has 2 rings (SSSR count). The lowest BCUT2D eigenvalue weighted by molar-refractivity contribution is -0.115. The molecule has 0 radical (unpaired) electrons. The molecule has 0 saturated heterocycles. The molecule has 0 aromatic heterocycles. The number of aryl methyl sites for hydroxylation is 1. The molecule has 104 valence electrons. The van der Waals surface area contributed by atoms with Gasteiger partial charge in [0.1, 0.15) is 5.84 Å². The van der Waals surface area contributed by atoms with E-state index in [-0.39, 0.29) is 18.3 Å². The van der Waals surface area contributed by atoms with E-state index in [1.165, 1.54) is 0 Å². The van der Waals surface area contributed by atoms with E-state index in [1.807, 2.05) is 32.0 Å². The summed E-state index contributed by atoms with van der Waals surface area (Å²) in [5, 5.41) is 6.20. The van der Waals surface area contributed by atoms with Crippen molar-refractivity contribution in [1.82, 2.24) is 0 Å².